The van der Waals surface area contributed by atoms with E-state index in [-0.39, 0.29) is 42.3 Å². The molecule has 5 rings (SSSR count). The Balaban J connectivity index is 1.56. The second-order valence-corrected chi connectivity index (χ2v) is 12.2. The van der Waals surface area contributed by atoms with Crippen molar-refractivity contribution in [3.05, 3.63) is 95.4 Å². The summed E-state index contributed by atoms with van der Waals surface area (Å²) in [6.07, 6.45) is 3.88. The third-order valence-electron chi connectivity index (χ3n) is 7.15. The smallest absolute Gasteiger partial charge is 0.270 e. The molecule has 1 unspecified atom stereocenters. The number of amides is 1. The number of aromatic hydroxyl groups is 2. The summed E-state index contributed by atoms with van der Waals surface area (Å²) >= 11 is -1.29. The zero-order valence-electron chi connectivity index (χ0n) is 23.5. The minimum Gasteiger partial charge on any atom is -0.598 e. The molecule has 2 aromatic heterocycles. The lowest BCUT2D eigenvalue weighted by Gasteiger charge is -2.27. The number of rotatable bonds is 10. The SMILES string of the molecule is CC(C)C[S+]([O-])N1Cc2cc(C(=O)NCc3ccc(O)c(O)c3)nc(-c3cccc(-c4cccnc4)c3)c2[C@@H]1CCO. The molecule has 4 N–H and O–H groups in total. The summed E-state index contributed by atoms with van der Waals surface area (Å²) in [7, 11) is 0. The number of aliphatic hydroxyl groups excluding tert-OH is 1. The summed E-state index contributed by atoms with van der Waals surface area (Å²) in [5, 5.41) is 32.3. The highest BCUT2D eigenvalue weighted by molar-refractivity contribution is 7.89. The lowest BCUT2D eigenvalue weighted by molar-refractivity contribution is 0.0946. The molecule has 0 saturated heterocycles. The van der Waals surface area contributed by atoms with Crippen LogP contribution in [0.2, 0.25) is 0 Å². The van der Waals surface area contributed by atoms with Crippen molar-refractivity contribution >= 4 is 17.3 Å². The minimum atomic E-state index is -1.29. The third kappa shape index (κ3) is 6.42. The van der Waals surface area contributed by atoms with Gasteiger partial charge >= 0.3 is 0 Å². The molecular formula is C32H34N4O5S. The minimum absolute atomic E-state index is 0.0869. The number of carbonyl (C=O) groups excluding carboxylic acids is 1. The maximum Gasteiger partial charge on any atom is 0.270 e. The summed E-state index contributed by atoms with van der Waals surface area (Å²) in [6.45, 7) is 4.44. The average Bonchev–Trinajstić information content (AvgIpc) is 3.36. The van der Waals surface area contributed by atoms with Crippen LogP contribution in [0.3, 0.4) is 0 Å². The van der Waals surface area contributed by atoms with Gasteiger partial charge in [0.15, 0.2) is 11.5 Å². The van der Waals surface area contributed by atoms with Crippen LogP contribution in [0.4, 0.5) is 0 Å². The normalized spacial score (nSPS) is 15.5. The molecule has 3 heterocycles. The number of aromatic nitrogens is 2. The lowest BCUT2D eigenvalue weighted by atomic mass is 9.94. The molecule has 218 valence electrons. The molecule has 0 bridgehead atoms. The van der Waals surface area contributed by atoms with Gasteiger partial charge in [0.05, 0.1) is 18.3 Å². The van der Waals surface area contributed by atoms with E-state index in [1.165, 1.54) is 12.1 Å². The van der Waals surface area contributed by atoms with Crippen molar-refractivity contribution in [2.24, 2.45) is 5.92 Å². The fourth-order valence-electron chi connectivity index (χ4n) is 5.21. The number of aliphatic hydroxyl groups is 1. The first kappa shape index (κ1) is 29.5. The van der Waals surface area contributed by atoms with Gasteiger partial charge in [-0.1, -0.05) is 44.2 Å². The lowest BCUT2D eigenvalue weighted by Crippen LogP contribution is -2.33. The van der Waals surface area contributed by atoms with Crippen LogP contribution in [0.25, 0.3) is 22.4 Å². The van der Waals surface area contributed by atoms with Crippen molar-refractivity contribution in [3.63, 3.8) is 0 Å². The summed E-state index contributed by atoms with van der Waals surface area (Å²) in [6, 6.07) is 17.5. The Labute approximate surface area is 248 Å². The van der Waals surface area contributed by atoms with E-state index in [9.17, 15) is 24.7 Å². The molecule has 1 aliphatic heterocycles. The van der Waals surface area contributed by atoms with Crippen LogP contribution in [0.1, 0.15) is 53.5 Å². The highest BCUT2D eigenvalue weighted by atomic mass is 32.2. The van der Waals surface area contributed by atoms with E-state index in [1.54, 1.807) is 24.5 Å². The number of nitrogens with zero attached hydrogens (tertiary/aromatic N) is 3. The zero-order chi connectivity index (χ0) is 29.8. The summed E-state index contributed by atoms with van der Waals surface area (Å²) < 4.78 is 15.3. The van der Waals surface area contributed by atoms with Crippen molar-refractivity contribution in [1.82, 2.24) is 19.6 Å². The van der Waals surface area contributed by atoms with Crippen molar-refractivity contribution in [2.45, 2.75) is 39.4 Å². The van der Waals surface area contributed by atoms with Gasteiger partial charge in [0, 0.05) is 53.6 Å². The number of hydrogen-bond acceptors (Lipinski definition) is 8. The molecular weight excluding hydrogens is 552 g/mol. The predicted molar refractivity (Wildman–Crippen MR) is 162 cm³/mol. The Bertz CT molecular complexity index is 1570. The number of pyridine rings is 2. The van der Waals surface area contributed by atoms with Crippen molar-refractivity contribution in [2.75, 3.05) is 12.4 Å². The van der Waals surface area contributed by atoms with E-state index in [4.69, 9.17) is 4.98 Å². The topological polar surface area (TPSA) is 142 Å². The fraction of sp³-hybridized carbons (Fsp3) is 0.281. The first-order chi connectivity index (χ1) is 20.2. The number of nitrogens with one attached hydrogen (secondary N) is 1. The van der Waals surface area contributed by atoms with E-state index in [2.05, 4.69) is 10.3 Å². The van der Waals surface area contributed by atoms with E-state index < -0.39 is 17.3 Å². The van der Waals surface area contributed by atoms with E-state index in [1.807, 2.05) is 54.6 Å². The summed E-state index contributed by atoms with van der Waals surface area (Å²) in [5.41, 5.74) is 5.81. The number of fused-ring (bicyclic) bond motifs is 1. The van der Waals surface area contributed by atoms with Crippen LogP contribution < -0.4 is 5.32 Å². The Hall–Kier alpha value is -3.96. The molecule has 9 nitrogen and oxygen atoms in total. The second-order valence-electron chi connectivity index (χ2n) is 10.7. The first-order valence-corrected chi connectivity index (χ1v) is 15.1. The van der Waals surface area contributed by atoms with Gasteiger partial charge in [-0.15, -0.1) is 4.31 Å². The van der Waals surface area contributed by atoms with Gasteiger partial charge in [0.25, 0.3) is 5.91 Å². The highest BCUT2D eigenvalue weighted by Crippen LogP contribution is 2.44. The van der Waals surface area contributed by atoms with Gasteiger partial charge < -0.3 is 25.2 Å². The van der Waals surface area contributed by atoms with Gasteiger partial charge in [-0.25, -0.2) is 4.98 Å². The largest absolute Gasteiger partial charge is 0.598 e. The molecule has 10 heteroatoms. The number of hydrogen-bond donors (Lipinski definition) is 4. The van der Waals surface area contributed by atoms with Crippen molar-refractivity contribution in [1.29, 1.82) is 0 Å². The van der Waals surface area contributed by atoms with Gasteiger partial charge in [-0.3, -0.25) is 9.78 Å². The van der Waals surface area contributed by atoms with Crippen LogP contribution in [-0.2, 0) is 24.5 Å². The summed E-state index contributed by atoms with van der Waals surface area (Å²) in [4.78, 5) is 22.5. The van der Waals surface area contributed by atoms with Gasteiger partial charge in [-0.2, -0.15) is 0 Å². The molecule has 0 aliphatic carbocycles. The molecule has 0 saturated carbocycles. The first-order valence-electron chi connectivity index (χ1n) is 13.8. The van der Waals surface area contributed by atoms with Crippen LogP contribution >= 0.6 is 0 Å². The second kappa shape index (κ2) is 12.9. The standard InChI is InChI=1S/C32H34N4O5S/c1-20(2)19-42(41)36-18-25-15-26(32(40)34-16-21-8-9-28(38)29(39)13-21)35-31(30(25)27(36)10-12-37)23-6-3-5-22(14-23)24-7-4-11-33-17-24/h3-9,11,13-15,17,20,27,37-39H,10,12,16,18-19H2,1-2H3,(H,34,40)/t27-,42?/m0/s1. The molecule has 42 heavy (non-hydrogen) atoms. The molecule has 4 aromatic rings. The summed E-state index contributed by atoms with van der Waals surface area (Å²) in [5.74, 6) is -0.200. The quantitative estimate of drug-likeness (QED) is 0.155. The van der Waals surface area contributed by atoms with E-state index >= 15 is 0 Å². The number of carbonyl (C=O) groups is 1. The van der Waals surface area contributed by atoms with Crippen molar-refractivity contribution < 1.29 is 24.7 Å². The molecule has 0 fully saturated rings. The van der Waals surface area contributed by atoms with Crippen LogP contribution in [0.5, 0.6) is 11.5 Å². The fourth-order valence-corrected chi connectivity index (χ4v) is 6.75. The van der Waals surface area contributed by atoms with Gasteiger partial charge in [-0.05, 0) is 59.4 Å². The third-order valence-corrected chi connectivity index (χ3v) is 9.01. The Morgan fingerprint density at radius 2 is 1.86 bits per heavy atom. The Morgan fingerprint density at radius 1 is 1.07 bits per heavy atom. The van der Waals surface area contributed by atoms with E-state index in [0.29, 0.717) is 30.0 Å². The number of phenols is 2. The predicted octanol–water partition coefficient (Wildman–Crippen LogP) is 4.71. The maximum absolute atomic E-state index is 13.4. The number of benzene rings is 2. The molecule has 0 radical (unpaired) electrons. The van der Waals surface area contributed by atoms with Crippen molar-refractivity contribution in [3.8, 4) is 33.9 Å². The molecule has 2 atom stereocenters. The van der Waals surface area contributed by atoms with E-state index in [0.717, 1.165) is 27.8 Å². The molecule has 1 aliphatic rings. The maximum atomic E-state index is 13.4. The Morgan fingerprint density at radius 3 is 2.57 bits per heavy atom. The zero-order valence-corrected chi connectivity index (χ0v) is 24.3. The van der Waals surface area contributed by atoms with Crippen LogP contribution in [-0.4, -0.2) is 52.4 Å². The number of phenolic OH excluding ortho intramolecular Hbond substituents is 2. The van der Waals surface area contributed by atoms with Gasteiger partial charge in [0.2, 0.25) is 0 Å². The highest BCUT2D eigenvalue weighted by Gasteiger charge is 2.41. The molecule has 1 amide bonds. The average molecular weight is 587 g/mol. The monoisotopic (exact) mass is 586 g/mol. The Kier molecular flexibility index (Phi) is 9.08. The van der Waals surface area contributed by atoms with Crippen LogP contribution in [0, 0.1) is 5.92 Å². The molecule has 0 spiro atoms. The molecule has 2 aromatic carbocycles. The van der Waals surface area contributed by atoms with Crippen LogP contribution in [0.15, 0.2) is 73.1 Å². The van der Waals surface area contributed by atoms with Gasteiger partial charge in [0.1, 0.15) is 11.4 Å².